The van der Waals surface area contributed by atoms with E-state index < -0.39 is 12.7 Å². The molecule has 0 bridgehead atoms. The van der Waals surface area contributed by atoms with Gasteiger partial charge in [-0.1, -0.05) is 0 Å². The molecule has 0 aromatic carbocycles. The Balaban J connectivity index is 1.79. The summed E-state index contributed by atoms with van der Waals surface area (Å²) in [7, 11) is 0. The van der Waals surface area contributed by atoms with E-state index in [-0.39, 0.29) is 6.04 Å². The van der Waals surface area contributed by atoms with Crippen LogP contribution in [0.15, 0.2) is 12.4 Å². The van der Waals surface area contributed by atoms with Crippen molar-refractivity contribution >= 4 is 0 Å². The molecule has 0 aliphatic carbocycles. The highest BCUT2D eigenvalue weighted by atomic mass is 19.4. The van der Waals surface area contributed by atoms with E-state index in [9.17, 15) is 13.2 Å². The Hall–Kier alpha value is -1.08. The van der Waals surface area contributed by atoms with E-state index in [2.05, 4.69) is 19.8 Å². The van der Waals surface area contributed by atoms with Crippen LogP contribution in [0.1, 0.15) is 12.7 Å². The number of halogens is 3. The minimum Gasteiger partial charge on any atom is -0.333 e. The topological polar surface area (TPSA) is 33.1 Å². The van der Waals surface area contributed by atoms with Gasteiger partial charge in [0.2, 0.25) is 0 Å². The average Bonchev–Trinajstić information content (AvgIpc) is 2.73. The number of aromatic nitrogens is 2. The minimum atomic E-state index is -4.14. The molecule has 0 saturated heterocycles. The highest BCUT2D eigenvalue weighted by Crippen LogP contribution is 2.14. The molecule has 0 fully saturated rings. The van der Waals surface area contributed by atoms with Crippen LogP contribution in [0.5, 0.6) is 0 Å². The fourth-order valence-corrected chi connectivity index (χ4v) is 2.12. The number of hydrogen-bond acceptors (Lipinski definition) is 3. The molecule has 0 amide bonds. The number of hydrogen-bond donors (Lipinski definition) is 1. The number of imidazole rings is 1. The van der Waals surface area contributed by atoms with Crippen LogP contribution in [0.3, 0.4) is 0 Å². The second-order valence-corrected chi connectivity index (χ2v) is 4.60. The molecular formula is C11H17F3N4. The zero-order chi connectivity index (χ0) is 13.2. The normalized spacial score (nSPS) is 18.7. The summed E-state index contributed by atoms with van der Waals surface area (Å²) < 4.78 is 38.1. The van der Waals surface area contributed by atoms with Crippen molar-refractivity contribution in [2.24, 2.45) is 0 Å². The summed E-state index contributed by atoms with van der Waals surface area (Å²) >= 11 is 0. The van der Waals surface area contributed by atoms with Gasteiger partial charge in [0.25, 0.3) is 0 Å². The van der Waals surface area contributed by atoms with E-state index in [1.54, 1.807) is 6.20 Å². The number of nitrogens with zero attached hydrogens (tertiary/aromatic N) is 3. The molecule has 1 N–H and O–H groups in total. The van der Waals surface area contributed by atoms with Gasteiger partial charge in [0.1, 0.15) is 5.82 Å². The number of nitrogens with one attached hydrogen (secondary N) is 1. The molecule has 2 heterocycles. The lowest BCUT2D eigenvalue weighted by Gasteiger charge is -2.33. The Morgan fingerprint density at radius 1 is 1.44 bits per heavy atom. The lowest BCUT2D eigenvalue weighted by atomic mass is 10.2. The van der Waals surface area contributed by atoms with E-state index in [0.717, 1.165) is 18.9 Å². The molecule has 1 atom stereocenters. The van der Waals surface area contributed by atoms with Crippen LogP contribution in [0.25, 0.3) is 0 Å². The monoisotopic (exact) mass is 262 g/mol. The average molecular weight is 262 g/mol. The third kappa shape index (κ3) is 3.46. The van der Waals surface area contributed by atoms with Gasteiger partial charge in [-0.15, -0.1) is 0 Å². The van der Waals surface area contributed by atoms with Gasteiger partial charge < -0.3 is 9.88 Å². The van der Waals surface area contributed by atoms with Crippen LogP contribution in [0, 0.1) is 0 Å². The van der Waals surface area contributed by atoms with Gasteiger partial charge in [-0.3, -0.25) is 4.90 Å². The van der Waals surface area contributed by atoms with Crippen molar-refractivity contribution in [2.45, 2.75) is 32.2 Å². The molecule has 4 nitrogen and oxygen atoms in total. The Bertz CT molecular complexity index is 388. The highest BCUT2D eigenvalue weighted by molar-refractivity contribution is 4.96. The number of alkyl halides is 3. The van der Waals surface area contributed by atoms with E-state index in [1.807, 2.05) is 13.1 Å². The fraction of sp³-hybridized carbons (Fsp3) is 0.727. The number of fused-ring (bicyclic) bond motifs is 1. The summed E-state index contributed by atoms with van der Waals surface area (Å²) in [6.07, 6.45) is -0.456. The first-order valence-corrected chi connectivity index (χ1v) is 5.97. The molecule has 7 heteroatoms. The van der Waals surface area contributed by atoms with E-state index in [1.165, 1.54) is 0 Å². The van der Waals surface area contributed by atoms with Gasteiger partial charge in [-0.2, -0.15) is 13.2 Å². The maximum atomic E-state index is 12.0. The first kappa shape index (κ1) is 13.4. The van der Waals surface area contributed by atoms with E-state index in [4.69, 9.17) is 0 Å². The van der Waals surface area contributed by atoms with Crippen molar-refractivity contribution in [1.29, 1.82) is 0 Å². The van der Waals surface area contributed by atoms with Crippen molar-refractivity contribution < 1.29 is 13.2 Å². The summed E-state index contributed by atoms with van der Waals surface area (Å²) in [4.78, 5) is 6.37. The van der Waals surface area contributed by atoms with Crippen molar-refractivity contribution in [3.63, 3.8) is 0 Å². The molecule has 102 valence electrons. The first-order chi connectivity index (χ1) is 8.46. The van der Waals surface area contributed by atoms with Crippen molar-refractivity contribution in [1.82, 2.24) is 19.8 Å². The van der Waals surface area contributed by atoms with Gasteiger partial charge in [-0.25, -0.2) is 4.98 Å². The molecule has 0 spiro atoms. The van der Waals surface area contributed by atoms with Gasteiger partial charge >= 0.3 is 6.18 Å². The van der Waals surface area contributed by atoms with Gasteiger partial charge in [0.05, 0.1) is 13.1 Å². The molecule has 2 rings (SSSR count). The molecule has 1 aromatic heterocycles. The quantitative estimate of drug-likeness (QED) is 0.886. The van der Waals surface area contributed by atoms with Gasteiger partial charge in [0.15, 0.2) is 0 Å². The summed E-state index contributed by atoms with van der Waals surface area (Å²) in [5, 5.41) is 2.45. The van der Waals surface area contributed by atoms with Gasteiger partial charge in [-0.05, 0) is 6.92 Å². The SMILES string of the molecule is CC(CNCC(F)(F)F)N1CCn2ccnc2C1. The third-order valence-corrected chi connectivity index (χ3v) is 3.16. The zero-order valence-corrected chi connectivity index (χ0v) is 10.2. The Labute approximate surface area is 104 Å². The molecule has 0 saturated carbocycles. The van der Waals surface area contributed by atoms with E-state index in [0.29, 0.717) is 13.1 Å². The molecule has 1 aliphatic heterocycles. The predicted molar refractivity (Wildman–Crippen MR) is 61.0 cm³/mol. The van der Waals surface area contributed by atoms with Crippen LogP contribution >= 0.6 is 0 Å². The second-order valence-electron chi connectivity index (χ2n) is 4.60. The number of rotatable bonds is 4. The molecule has 0 radical (unpaired) electrons. The highest BCUT2D eigenvalue weighted by Gasteiger charge is 2.27. The van der Waals surface area contributed by atoms with Crippen molar-refractivity contribution in [3.8, 4) is 0 Å². The Morgan fingerprint density at radius 3 is 2.94 bits per heavy atom. The standard InChI is InChI=1S/C11H17F3N4/c1-9(6-15-8-11(12,13)14)18-5-4-17-3-2-16-10(17)7-18/h2-3,9,15H,4-8H2,1H3. The van der Waals surface area contributed by atoms with Crippen LogP contribution < -0.4 is 5.32 Å². The summed E-state index contributed by atoms with van der Waals surface area (Å²) in [5.41, 5.74) is 0. The van der Waals surface area contributed by atoms with Crippen LogP contribution in [0.4, 0.5) is 13.2 Å². The second kappa shape index (κ2) is 5.27. The van der Waals surface area contributed by atoms with E-state index >= 15 is 0 Å². The summed E-state index contributed by atoms with van der Waals surface area (Å²) in [6, 6.07) is 0.0674. The summed E-state index contributed by atoms with van der Waals surface area (Å²) in [6.45, 7) is 3.72. The smallest absolute Gasteiger partial charge is 0.333 e. The largest absolute Gasteiger partial charge is 0.401 e. The molecular weight excluding hydrogens is 245 g/mol. The first-order valence-electron chi connectivity index (χ1n) is 5.97. The molecule has 1 unspecified atom stereocenters. The van der Waals surface area contributed by atoms with Crippen molar-refractivity contribution in [3.05, 3.63) is 18.2 Å². The third-order valence-electron chi connectivity index (χ3n) is 3.16. The van der Waals surface area contributed by atoms with Crippen LogP contribution in [-0.2, 0) is 13.1 Å². The zero-order valence-electron chi connectivity index (χ0n) is 10.2. The lowest BCUT2D eigenvalue weighted by molar-refractivity contribution is -0.125. The predicted octanol–water partition coefficient (Wildman–Crippen LogP) is 1.24. The maximum absolute atomic E-state index is 12.0. The van der Waals surface area contributed by atoms with Crippen molar-refractivity contribution in [2.75, 3.05) is 19.6 Å². The van der Waals surface area contributed by atoms with Crippen LogP contribution in [0.2, 0.25) is 0 Å². The summed E-state index contributed by atoms with van der Waals surface area (Å²) in [5.74, 6) is 0.976. The Morgan fingerprint density at radius 2 is 2.22 bits per heavy atom. The maximum Gasteiger partial charge on any atom is 0.401 e. The Kier molecular flexibility index (Phi) is 3.91. The molecule has 18 heavy (non-hydrogen) atoms. The lowest BCUT2D eigenvalue weighted by Crippen LogP contribution is -2.45. The molecule has 1 aromatic rings. The molecule has 1 aliphatic rings. The van der Waals surface area contributed by atoms with Gasteiger partial charge in [0, 0.05) is 38.1 Å². The fourth-order valence-electron chi connectivity index (χ4n) is 2.12. The van der Waals surface area contributed by atoms with Crippen LogP contribution in [-0.4, -0.2) is 46.3 Å². The minimum absolute atomic E-state index is 0.0674.